The predicted octanol–water partition coefficient (Wildman–Crippen LogP) is 6.86. The summed E-state index contributed by atoms with van der Waals surface area (Å²) in [6.45, 7) is 3.38. The van der Waals surface area contributed by atoms with Gasteiger partial charge >= 0.3 is 0 Å². The Balaban J connectivity index is 1.80. The van der Waals surface area contributed by atoms with Crippen LogP contribution in [0, 0.1) is 0 Å². The van der Waals surface area contributed by atoms with Crippen LogP contribution >= 0.6 is 27.5 Å². The number of nitrogens with zero attached hydrogens (tertiary/aromatic N) is 2. The Morgan fingerprint density at radius 2 is 1.57 bits per heavy atom. The molecule has 242 valence electrons. The van der Waals surface area contributed by atoms with Gasteiger partial charge in [-0.2, -0.15) is 0 Å². The normalized spacial score (nSPS) is 12.5. The number of carbonyl (C=O) groups is 2. The number of anilines is 1. The summed E-state index contributed by atoms with van der Waals surface area (Å²) in [6, 6.07) is 28.0. The number of carbonyl (C=O) groups excluding carboxylic acids is 2. The number of halogens is 2. The van der Waals surface area contributed by atoms with Crippen LogP contribution in [-0.2, 0) is 32.6 Å². The Kier molecular flexibility index (Phi) is 12.3. The van der Waals surface area contributed by atoms with Crippen LogP contribution in [0.1, 0.15) is 31.4 Å². The van der Waals surface area contributed by atoms with Gasteiger partial charge in [0.2, 0.25) is 11.8 Å². The first-order valence-electron chi connectivity index (χ1n) is 14.8. The Morgan fingerprint density at radius 3 is 2.17 bits per heavy atom. The molecule has 0 aliphatic heterocycles. The van der Waals surface area contributed by atoms with E-state index in [0.717, 1.165) is 19.9 Å². The fourth-order valence-corrected chi connectivity index (χ4v) is 6.82. The van der Waals surface area contributed by atoms with Crippen LogP contribution in [0.15, 0.2) is 112 Å². The lowest BCUT2D eigenvalue weighted by Crippen LogP contribution is -2.54. The van der Waals surface area contributed by atoms with Crippen molar-refractivity contribution in [3.05, 3.63) is 124 Å². The van der Waals surface area contributed by atoms with E-state index in [-0.39, 0.29) is 35.5 Å². The molecule has 11 heteroatoms. The lowest BCUT2D eigenvalue weighted by Gasteiger charge is -2.34. The van der Waals surface area contributed by atoms with Crippen molar-refractivity contribution in [2.75, 3.05) is 18.0 Å². The average Bonchev–Trinajstić information content (AvgIpc) is 3.06. The van der Waals surface area contributed by atoms with Crippen molar-refractivity contribution < 1.29 is 22.7 Å². The second kappa shape index (κ2) is 16.1. The minimum absolute atomic E-state index is 0.0232. The SMILES string of the molecule is CC[C@@H](C)NC(=O)[C@H](Cc1ccccc1)N(Cc1cccc(Br)c1)C(=O)CN(c1ccc(Cl)cc1)S(=O)(=O)c1ccc(OC)cc1. The zero-order valence-electron chi connectivity index (χ0n) is 25.9. The molecule has 4 aromatic rings. The van der Waals surface area contributed by atoms with E-state index in [1.807, 2.05) is 68.4 Å². The zero-order valence-corrected chi connectivity index (χ0v) is 29.1. The van der Waals surface area contributed by atoms with Crippen molar-refractivity contribution in [1.82, 2.24) is 10.2 Å². The van der Waals surface area contributed by atoms with Gasteiger partial charge in [-0.3, -0.25) is 13.9 Å². The Labute approximate surface area is 284 Å². The molecule has 0 saturated carbocycles. The van der Waals surface area contributed by atoms with Crippen LogP contribution in [-0.4, -0.2) is 50.9 Å². The van der Waals surface area contributed by atoms with Crippen LogP contribution in [0.25, 0.3) is 0 Å². The topological polar surface area (TPSA) is 96.0 Å². The molecule has 0 heterocycles. The highest BCUT2D eigenvalue weighted by Crippen LogP contribution is 2.27. The smallest absolute Gasteiger partial charge is 0.264 e. The number of methoxy groups -OCH3 is 1. The molecule has 0 bridgehead atoms. The maximum atomic E-state index is 14.5. The number of benzene rings is 4. The highest BCUT2D eigenvalue weighted by atomic mass is 79.9. The summed E-state index contributed by atoms with van der Waals surface area (Å²) in [7, 11) is -2.76. The maximum Gasteiger partial charge on any atom is 0.264 e. The molecule has 0 unspecified atom stereocenters. The van der Waals surface area contributed by atoms with Crippen LogP contribution in [0.4, 0.5) is 5.69 Å². The van der Waals surface area contributed by atoms with Crippen molar-refractivity contribution in [2.24, 2.45) is 0 Å². The molecule has 1 N–H and O–H groups in total. The summed E-state index contributed by atoms with van der Waals surface area (Å²) in [4.78, 5) is 29.9. The monoisotopic (exact) mass is 725 g/mol. The van der Waals surface area contributed by atoms with E-state index in [0.29, 0.717) is 17.2 Å². The summed E-state index contributed by atoms with van der Waals surface area (Å²) in [5.41, 5.74) is 1.88. The van der Waals surface area contributed by atoms with E-state index in [4.69, 9.17) is 16.3 Å². The van der Waals surface area contributed by atoms with E-state index in [2.05, 4.69) is 21.2 Å². The Hall–Kier alpha value is -3.86. The Morgan fingerprint density at radius 1 is 0.913 bits per heavy atom. The highest BCUT2D eigenvalue weighted by molar-refractivity contribution is 9.10. The first-order valence-corrected chi connectivity index (χ1v) is 17.4. The molecular formula is C35H37BrClN3O5S. The van der Waals surface area contributed by atoms with Crippen molar-refractivity contribution in [3.63, 3.8) is 0 Å². The molecular weight excluding hydrogens is 690 g/mol. The zero-order chi connectivity index (χ0) is 33.3. The minimum atomic E-state index is -4.25. The highest BCUT2D eigenvalue weighted by Gasteiger charge is 2.35. The van der Waals surface area contributed by atoms with Gasteiger partial charge < -0.3 is 15.0 Å². The summed E-state index contributed by atoms with van der Waals surface area (Å²) in [6.07, 6.45) is 0.933. The summed E-state index contributed by atoms with van der Waals surface area (Å²) >= 11 is 9.64. The third-order valence-electron chi connectivity index (χ3n) is 7.55. The molecule has 4 rings (SSSR count). The van der Waals surface area contributed by atoms with Crippen LogP contribution < -0.4 is 14.4 Å². The van der Waals surface area contributed by atoms with Gasteiger partial charge in [0.15, 0.2) is 0 Å². The molecule has 0 saturated heterocycles. The molecule has 0 radical (unpaired) electrons. The van der Waals surface area contributed by atoms with Crippen molar-refractivity contribution >= 4 is 55.1 Å². The van der Waals surface area contributed by atoms with E-state index < -0.39 is 28.5 Å². The molecule has 2 atom stereocenters. The number of amides is 2. The van der Waals surface area contributed by atoms with Crippen LogP contribution in [0.5, 0.6) is 5.75 Å². The van der Waals surface area contributed by atoms with Gasteiger partial charge in [-0.15, -0.1) is 0 Å². The van der Waals surface area contributed by atoms with Crippen LogP contribution in [0.3, 0.4) is 0 Å². The first kappa shape index (κ1) is 35.0. The van der Waals surface area contributed by atoms with E-state index in [1.165, 1.54) is 24.1 Å². The molecule has 0 aliphatic rings. The largest absolute Gasteiger partial charge is 0.497 e. The number of ether oxygens (including phenoxy) is 1. The second-order valence-electron chi connectivity index (χ2n) is 10.8. The number of hydrogen-bond donors (Lipinski definition) is 1. The van der Waals surface area contributed by atoms with Crippen molar-refractivity contribution in [3.8, 4) is 5.75 Å². The number of hydrogen-bond acceptors (Lipinski definition) is 5. The van der Waals surface area contributed by atoms with Crippen LogP contribution in [0.2, 0.25) is 5.02 Å². The number of rotatable bonds is 14. The Bertz CT molecular complexity index is 1720. The third-order valence-corrected chi connectivity index (χ3v) is 10.1. The summed E-state index contributed by atoms with van der Waals surface area (Å²) < 4.78 is 35.4. The quantitative estimate of drug-likeness (QED) is 0.153. The first-order chi connectivity index (χ1) is 22.0. The fourth-order valence-electron chi connectivity index (χ4n) is 4.84. The molecule has 0 spiro atoms. The van der Waals surface area contributed by atoms with E-state index in [9.17, 15) is 18.0 Å². The molecule has 0 aromatic heterocycles. The maximum absolute atomic E-state index is 14.5. The van der Waals surface area contributed by atoms with Gasteiger partial charge in [0.05, 0.1) is 17.7 Å². The van der Waals surface area contributed by atoms with Crippen molar-refractivity contribution in [1.29, 1.82) is 0 Å². The average molecular weight is 727 g/mol. The lowest BCUT2D eigenvalue weighted by atomic mass is 10.0. The molecule has 2 amide bonds. The minimum Gasteiger partial charge on any atom is -0.497 e. The molecule has 8 nitrogen and oxygen atoms in total. The van der Waals surface area contributed by atoms with Gasteiger partial charge in [-0.05, 0) is 85.1 Å². The van der Waals surface area contributed by atoms with Gasteiger partial charge in [-0.1, -0.05) is 76.9 Å². The van der Waals surface area contributed by atoms with Gasteiger partial charge in [-0.25, -0.2) is 8.42 Å². The molecule has 46 heavy (non-hydrogen) atoms. The van der Waals surface area contributed by atoms with Gasteiger partial charge in [0, 0.05) is 28.5 Å². The molecule has 4 aromatic carbocycles. The fraction of sp³-hybridized carbons (Fsp3) is 0.257. The van der Waals surface area contributed by atoms with Gasteiger partial charge in [0.25, 0.3) is 10.0 Å². The second-order valence-corrected chi connectivity index (χ2v) is 14.1. The summed E-state index contributed by atoms with van der Waals surface area (Å²) in [5.74, 6) is -0.380. The number of sulfonamides is 1. The van der Waals surface area contributed by atoms with Gasteiger partial charge in [0.1, 0.15) is 18.3 Å². The van der Waals surface area contributed by atoms with E-state index >= 15 is 0 Å². The van der Waals surface area contributed by atoms with Crippen molar-refractivity contribution in [2.45, 2.75) is 50.2 Å². The third kappa shape index (κ3) is 9.11. The molecule has 0 aliphatic carbocycles. The lowest BCUT2D eigenvalue weighted by molar-refractivity contribution is -0.140. The molecule has 0 fully saturated rings. The predicted molar refractivity (Wildman–Crippen MR) is 185 cm³/mol. The summed E-state index contributed by atoms with van der Waals surface area (Å²) in [5, 5.41) is 3.45. The number of nitrogens with one attached hydrogen (secondary N) is 1. The van der Waals surface area contributed by atoms with E-state index in [1.54, 1.807) is 36.4 Å². The standard InChI is InChI=1S/C35H37BrClN3O5S/c1-4-25(2)38-35(42)33(22-26-9-6-5-7-10-26)39(23-27-11-8-12-28(36)21-27)34(41)24-40(30-15-13-29(37)14-16-30)46(43,44)32-19-17-31(45-3)18-20-32/h5-21,25,33H,4,22-24H2,1-3H3,(H,38,42)/t25-,33+/m1/s1.